The first-order valence-corrected chi connectivity index (χ1v) is 6.17. The molecular formula is C9H12ClN5S. The number of H-pyrrole nitrogens is 1. The second-order valence-corrected chi connectivity index (χ2v) is 4.97. The fourth-order valence-electron chi connectivity index (χ4n) is 1.21. The number of rotatable bonds is 4. The van der Waals surface area contributed by atoms with E-state index in [1.165, 1.54) is 0 Å². The highest BCUT2D eigenvalue weighted by Gasteiger charge is 2.09. The standard InChI is InChI=1S/C9H12ClN5S/c1-15(2)3-4-16-8-6-7(12-5-11-6)13-9(10)14-8/h5H,3-4H2,1-2H3,(H,11,12,13,14). The Kier molecular flexibility index (Phi) is 3.63. The van der Waals surface area contributed by atoms with Gasteiger partial charge in [0, 0.05) is 12.3 Å². The highest BCUT2D eigenvalue weighted by Crippen LogP contribution is 2.23. The SMILES string of the molecule is CN(C)CCSc1nc(Cl)nc2nc[nH]c12. The summed E-state index contributed by atoms with van der Waals surface area (Å²) in [6, 6.07) is 0. The normalized spacial score (nSPS) is 11.5. The fraction of sp³-hybridized carbons (Fsp3) is 0.444. The molecule has 0 bridgehead atoms. The van der Waals surface area contributed by atoms with Crippen molar-refractivity contribution in [1.29, 1.82) is 0 Å². The highest BCUT2D eigenvalue weighted by atomic mass is 35.5. The molecule has 2 aromatic rings. The van der Waals surface area contributed by atoms with Crippen LogP contribution in [0.3, 0.4) is 0 Å². The molecular weight excluding hydrogens is 246 g/mol. The lowest BCUT2D eigenvalue weighted by atomic mass is 10.6. The van der Waals surface area contributed by atoms with Crippen molar-refractivity contribution >= 4 is 34.5 Å². The molecule has 0 saturated heterocycles. The second-order valence-electron chi connectivity index (χ2n) is 3.55. The number of hydrogen-bond acceptors (Lipinski definition) is 5. The number of fused-ring (bicyclic) bond motifs is 1. The first kappa shape index (κ1) is 11.6. The summed E-state index contributed by atoms with van der Waals surface area (Å²) in [5.74, 6) is 0.953. The van der Waals surface area contributed by atoms with Crippen LogP contribution in [0.5, 0.6) is 0 Å². The summed E-state index contributed by atoms with van der Waals surface area (Å²) < 4.78 is 0. The molecule has 2 rings (SSSR count). The van der Waals surface area contributed by atoms with Crippen molar-refractivity contribution in [3.05, 3.63) is 11.6 Å². The molecule has 0 amide bonds. The molecule has 0 aromatic carbocycles. The molecule has 86 valence electrons. The molecule has 0 aliphatic carbocycles. The maximum Gasteiger partial charge on any atom is 0.225 e. The quantitative estimate of drug-likeness (QED) is 0.513. The average molecular weight is 258 g/mol. The Morgan fingerprint density at radius 2 is 2.25 bits per heavy atom. The van der Waals surface area contributed by atoms with E-state index >= 15 is 0 Å². The molecule has 2 heterocycles. The third-order valence-electron chi connectivity index (χ3n) is 2.00. The number of hydrogen-bond donors (Lipinski definition) is 1. The minimum atomic E-state index is 0.243. The summed E-state index contributed by atoms with van der Waals surface area (Å²) in [4.78, 5) is 17.4. The van der Waals surface area contributed by atoms with Gasteiger partial charge >= 0.3 is 0 Å². The van der Waals surface area contributed by atoms with Gasteiger partial charge in [-0.25, -0.2) is 9.97 Å². The van der Waals surface area contributed by atoms with Crippen LogP contribution in [-0.4, -0.2) is 51.2 Å². The molecule has 0 unspecified atom stereocenters. The van der Waals surface area contributed by atoms with Gasteiger partial charge in [-0.3, -0.25) is 0 Å². The van der Waals surface area contributed by atoms with Gasteiger partial charge in [0.05, 0.1) is 6.33 Å². The largest absolute Gasteiger partial charge is 0.341 e. The van der Waals surface area contributed by atoms with Crippen LogP contribution in [-0.2, 0) is 0 Å². The molecule has 0 spiro atoms. The topological polar surface area (TPSA) is 57.7 Å². The lowest BCUT2D eigenvalue weighted by molar-refractivity contribution is 0.437. The second kappa shape index (κ2) is 4.99. The zero-order valence-electron chi connectivity index (χ0n) is 9.07. The minimum absolute atomic E-state index is 0.243. The van der Waals surface area contributed by atoms with Gasteiger partial charge < -0.3 is 9.88 Å². The van der Waals surface area contributed by atoms with Crippen molar-refractivity contribution in [2.24, 2.45) is 0 Å². The maximum absolute atomic E-state index is 5.82. The van der Waals surface area contributed by atoms with Crippen LogP contribution in [0.15, 0.2) is 11.4 Å². The Hall–Kier alpha value is -0.850. The molecule has 0 radical (unpaired) electrons. The van der Waals surface area contributed by atoms with Crippen LogP contribution in [0.1, 0.15) is 0 Å². The number of halogens is 1. The number of aromatic nitrogens is 4. The first-order chi connectivity index (χ1) is 7.66. The molecule has 5 nitrogen and oxygen atoms in total. The van der Waals surface area contributed by atoms with Gasteiger partial charge in [-0.1, -0.05) is 0 Å². The van der Waals surface area contributed by atoms with Gasteiger partial charge in [-0.05, 0) is 25.7 Å². The van der Waals surface area contributed by atoms with E-state index < -0.39 is 0 Å². The lowest BCUT2D eigenvalue weighted by Crippen LogP contribution is -2.14. The molecule has 0 atom stereocenters. The highest BCUT2D eigenvalue weighted by molar-refractivity contribution is 7.99. The summed E-state index contributed by atoms with van der Waals surface area (Å²) in [6.07, 6.45) is 1.60. The van der Waals surface area contributed by atoms with Crippen molar-refractivity contribution in [2.45, 2.75) is 5.03 Å². The summed E-state index contributed by atoms with van der Waals surface area (Å²) in [7, 11) is 4.08. The predicted molar refractivity (Wildman–Crippen MR) is 66.0 cm³/mol. The van der Waals surface area contributed by atoms with E-state index in [1.807, 2.05) is 14.1 Å². The van der Waals surface area contributed by atoms with Gasteiger partial charge in [0.25, 0.3) is 0 Å². The summed E-state index contributed by atoms with van der Waals surface area (Å²) >= 11 is 7.47. The summed E-state index contributed by atoms with van der Waals surface area (Å²) in [5.41, 5.74) is 1.47. The number of nitrogens with zero attached hydrogens (tertiary/aromatic N) is 4. The average Bonchev–Trinajstić information content (AvgIpc) is 2.64. The number of thioether (sulfide) groups is 1. The zero-order valence-corrected chi connectivity index (χ0v) is 10.6. The fourth-order valence-corrected chi connectivity index (χ4v) is 2.52. The Morgan fingerprint density at radius 1 is 1.44 bits per heavy atom. The van der Waals surface area contributed by atoms with Gasteiger partial charge in [0.1, 0.15) is 10.5 Å². The van der Waals surface area contributed by atoms with Crippen LogP contribution in [0, 0.1) is 0 Å². The van der Waals surface area contributed by atoms with Crippen molar-refractivity contribution in [1.82, 2.24) is 24.8 Å². The molecule has 16 heavy (non-hydrogen) atoms. The van der Waals surface area contributed by atoms with Crippen LogP contribution in [0.2, 0.25) is 5.28 Å². The Labute approximate surface area is 103 Å². The predicted octanol–water partition coefficient (Wildman–Crippen LogP) is 1.66. The van der Waals surface area contributed by atoms with E-state index in [1.54, 1.807) is 18.1 Å². The third kappa shape index (κ3) is 2.63. The Bertz CT molecular complexity index is 484. The summed E-state index contributed by atoms with van der Waals surface area (Å²) in [6.45, 7) is 0.988. The van der Waals surface area contributed by atoms with E-state index in [2.05, 4.69) is 24.8 Å². The number of imidazole rings is 1. The minimum Gasteiger partial charge on any atom is -0.341 e. The molecule has 2 aromatic heterocycles. The molecule has 7 heteroatoms. The molecule has 0 fully saturated rings. The van der Waals surface area contributed by atoms with Gasteiger partial charge in [-0.15, -0.1) is 11.8 Å². The van der Waals surface area contributed by atoms with Crippen LogP contribution in [0.4, 0.5) is 0 Å². The monoisotopic (exact) mass is 257 g/mol. The maximum atomic E-state index is 5.82. The van der Waals surface area contributed by atoms with Crippen LogP contribution in [0.25, 0.3) is 11.2 Å². The van der Waals surface area contributed by atoms with E-state index in [-0.39, 0.29) is 5.28 Å². The third-order valence-corrected chi connectivity index (χ3v) is 3.13. The molecule has 1 N–H and O–H groups in total. The molecule has 0 aliphatic rings. The lowest BCUT2D eigenvalue weighted by Gasteiger charge is -2.08. The summed E-state index contributed by atoms with van der Waals surface area (Å²) in [5, 5.41) is 1.10. The van der Waals surface area contributed by atoms with Crippen LogP contribution >= 0.6 is 23.4 Å². The van der Waals surface area contributed by atoms with Crippen LogP contribution < -0.4 is 0 Å². The smallest absolute Gasteiger partial charge is 0.225 e. The van der Waals surface area contributed by atoms with Gasteiger partial charge in [-0.2, -0.15) is 4.98 Å². The molecule has 0 aliphatic heterocycles. The van der Waals surface area contributed by atoms with Gasteiger partial charge in [0.2, 0.25) is 5.28 Å². The van der Waals surface area contributed by atoms with Crippen molar-refractivity contribution < 1.29 is 0 Å². The Morgan fingerprint density at radius 3 is 3.00 bits per heavy atom. The van der Waals surface area contributed by atoms with Crippen molar-refractivity contribution in [3.8, 4) is 0 Å². The molecule has 0 saturated carbocycles. The van der Waals surface area contributed by atoms with E-state index in [0.29, 0.717) is 5.65 Å². The zero-order chi connectivity index (χ0) is 11.5. The van der Waals surface area contributed by atoms with E-state index in [9.17, 15) is 0 Å². The number of aromatic amines is 1. The van der Waals surface area contributed by atoms with Crippen molar-refractivity contribution in [2.75, 3.05) is 26.4 Å². The van der Waals surface area contributed by atoms with Gasteiger partial charge in [0.15, 0.2) is 5.65 Å². The van der Waals surface area contributed by atoms with Crippen molar-refractivity contribution in [3.63, 3.8) is 0 Å². The number of nitrogens with one attached hydrogen (secondary N) is 1. The Balaban J connectivity index is 2.19. The van der Waals surface area contributed by atoms with E-state index in [0.717, 1.165) is 22.8 Å². The van der Waals surface area contributed by atoms with E-state index in [4.69, 9.17) is 11.6 Å². The first-order valence-electron chi connectivity index (χ1n) is 4.81.